The number of hydrogen-bond acceptors (Lipinski definition) is 4. The molecule has 1 aliphatic carbocycles. The van der Waals surface area contributed by atoms with Crippen molar-refractivity contribution in [2.24, 2.45) is 5.92 Å². The fraction of sp³-hybridized carbons (Fsp3) is 0.923. The molecule has 4 unspecified atom stereocenters. The van der Waals surface area contributed by atoms with Gasteiger partial charge in [0.05, 0.1) is 30.8 Å². The molecule has 4 nitrogen and oxygen atoms in total. The van der Waals surface area contributed by atoms with Gasteiger partial charge in [-0.25, -0.2) is 0 Å². The van der Waals surface area contributed by atoms with Crippen LogP contribution < -0.4 is 0 Å². The molecule has 0 aromatic heterocycles. The van der Waals surface area contributed by atoms with Crippen LogP contribution in [0.2, 0.25) is 0 Å². The largest absolute Gasteiger partial charge is 0.394 e. The van der Waals surface area contributed by atoms with Gasteiger partial charge < -0.3 is 9.84 Å². The van der Waals surface area contributed by atoms with Crippen molar-refractivity contribution in [2.45, 2.75) is 50.9 Å². The maximum atomic E-state index is 9.23. The molecule has 96 valence electrons. The van der Waals surface area contributed by atoms with E-state index in [1.54, 1.807) is 0 Å². The fourth-order valence-electron chi connectivity index (χ4n) is 3.15. The number of ether oxygens (including phenoxy) is 1. The van der Waals surface area contributed by atoms with Gasteiger partial charge in [-0.1, -0.05) is 12.8 Å². The summed E-state index contributed by atoms with van der Waals surface area (Å²) in [6, 6.07) is 2.82. The summed E-state index contributed by atoms with van der Waals surface area (Å²) in [5.74, 6) is 0.161. The first-order chi connectivity index (χ1) is 8.24. The van der Waals surface area contributed by atoms with Crippen LogP contribution in [-0.2, 0) is 4.74 Å². The third kappa shape index (κ3) is 2.98. The molecule has 0 aromatic carbocycles. The monoisotopic (exact) mass is 238 g/mol. The van der Waals surface area contributed by atoms with Crippen LogP contribution in [-0.4, -0.2) is 48.0 Å². The molecule has 17 heavy (non-hydrogen) atoms. The van der Waals surface area contributed by atoms with Gasteiger partial charge in [0, 0.05) is 19.1 Å². The number of aliphatic hydroxyl groups is 1. The van der Waals surface area contributed by atoms with Crippen LogP contribution in [0, 0.1) is 17.2 Å². The van der Waals surface area contributed by atoms with Crippen molar-refractivity contribution in [3.63, 3.8) is 0 Å². The van der Waals surface area contributed by atoms with Gasteiger partial charge >= 0.3 is 0 Å². The molecule has 0 radical (unpaired) electrons. The highest BCUT2D eigenvalue weighted by atomic mass is 16.5. The van der Waals surface area contributed by atoms with E-state index in [9.17, 15) is 10.4 Å². The Kier molecular flexibility index (Phi) is 4.38. The Morgan fingerprint density at radius 2 is 2.12 bits per heavy atom. The van der Waals surface area contributed by atoms with Crippen molar-refractivity contribution in [1.82, 2.24) is 4.90 Å². The zero-order valence-electron chi connectivity index (χ0n) is 10.5. The average Bonchev–Trinajstić information content (AvgIpc) is 2.37. The molecule has 0 amide bonds. The standard InChI is InChI=1S/C13H22N2O2/c1-10-7-15(8-12(9-16)17-10)13-5-3-2-4-11(13)6-14/h10-13,16H,2-5,7-9H2,1H3. The highest BCUT2D eigenvalue weighted by molar-refractivity contribution is 4.97. The van der Waals surface area contributed by atoms with E-state index in [0.717, 1.165) is 25.9 Å². The number of rotatable bonds is 2. The van der Waals surface area contributed by atoms with E-state index in [2.05, 4.69) is 11.0 Å². The molecule has 0 bridgehead atoms. The molecule has 1 aliphatic heterocycles. The fourth-order valence-corrected chi connectivity index (χ4v) is 3.15. The Morgan fingerprint density at radius 1 is 1.35 bits per heavy atom. The van der Waals surface area contributed by atoms with Crippen LogP contribution in [0.3, 0.4) is 0 Å². The van der Waals surface area contributed by atoms with Crippen LogP contribution in [0.25, 0.3) is 0 Å². The highest BCUT2D eigenvalue weighted by Gasteiger charge is 2.35. The molecule has 0 spiro atoms. The third-order valence-electron chi connectivity index (χ3n) is 3.92. The Labute approximate surface area is 103 Å². The summed E-state index contributed by atoms with van der Waals surface area (Å²) in [6.07, 6.45) is 4.61. The smallest absolute Gasteiger partial charge is 0.0936 e. The second-order valence-corrected chi connectivity index (χ2v) is 5.29. The number of morpholine rings is 1. The molecular formula is C13H22N2O2. The minimum Gasteiger partial charge on any atom is -0.394 e. The molecule has 1 heterocycles. The summed E-state index contributed by atoms with van der Waals surface area (Å²) in [6.45, 7) is 3.77. The molecule has 2 aliphatic rings. The Hall–Kier alpha value is -0.630. The van der Waals surface area contributed by atoms with Crippen molar-refractivity contribution >= 4 is 0 Å². The van der Waals surface area contributed by atoms with Gasteiger partial charge in [-0.3, -0.25) is 4.90 Å². The van der Waals surface area contributed by atoms with E-state index in [-0.39, 0.29) is 24.7 Å². The maximum absolute atomic E-state index is 9.23. The third-order valence-corrected chi connectivity index (χ3v) is 3.92. The van der Waals surface area contributed by atoms with Crippen molar-refractivity contribution in [1.29, 1.82) is 5.26 Å². The van der Waals surface area contributed by atoms with Gasteiger partial charge in [0.25, 0.3) is 0 Å². The van der Waals surface area contributed by atoms with Crippen LogP contribution >= 0.6 is 0 Å². The van der Waals surface area contributed by atoms with Gasteiger partial charge in [0.1, 0.15) is 0 Å². The van der Waals surface area contributed by atoms with Crippen molar-refractivity contribution in [3.05, 3.63) is 0 Å². The second-order valence-electron chi connectivity index (χ2n) is 5.29. The summed E-state index contributed by atoms with van der Waals surface area (Å²) in [5.41, 5.74) is 0. The molecule has 2 fully saturated rings. The van der Waals surface area contributed by atoms with E-state index in [1.807, 2.05) is 6.92 Å². The summed E-state index contributed by atoms with van der Waals surface area (Å²) in [5, 5.41) is 18.5. The first-order valence-electron chi connectivity index (χ1n) is 6.64. The predicted molar refractivity (Wildman–Crippen MR) is 64.4 cm³/mol. The van der Waals surface area contributed by atoms with E-state index in [0.29, 0.717) is 6.04 Å². The SMILES string of the molecule is CC1CN(C2CCCCC2C#N)CC(CO)O1. The van der Waals surface area contributed by atoms with E-state index in [4.69, 9.17) is 4.74 Å². The molecule has 1 saturated heterocycles. The van der Waals surface area contributed by atoms with Crippen LogP contribution in [0.5, 0.6) is 0 Å². The number of nitriles is 1. The van der Waals surface area contributed by atoms with Gasteiger partial charge in [0.15, 0.2) is 0 Å². The molecule has 1 saturated carbocycles. The molecule has 0 aromatic rings. The molecule has 4 heteroatoms. The molecule has 4 atom stereocenters. The maximum Gasteiger partial charge on any atom is 0.0936 e. The van der Waals surface area contributed by atoms with Crippen molar-refractivity contribution in [2.75, 3.05) is 19.7 Å². The Morgan fingerprint density at radius 3 is 2.82 bits per heavy atom. The van der Waals surface area contributed by atoms with E-state index in [1.165, 1.54) is 12.8 Å². The zero-order chi connectivity index (χ0) is 12.3. The van der Waals surface area contributed by atoms with Crippen LogP contribution in [0.4, 0.5) is 0 Å². The topological polar surface area (TPSA) is 56.5 Å². The summed E-state index contributed by atoms with van der Waals surface area (Å²) >= 11 is 0. The average molecular weight is 238 g/mol. The second kappa shape index (κ2) is 5.81. The lowest BCUT2D eigenvalue weighted by atomic mass is 9.84. The predicted octanol–water partition coefficient (Wildman–Crippen LogP) is 1.15. The number of nitrogens with zero attached hydrogens (tertiary/aromatic N) is 2. The van der Waals surface area contributed by atoms with Gasteiger partial charge in [-0.2, -0.15) is 5.26 Å². The normalized spacial score (nSPS) is 39.8. The zero-order valence-corrected chi connectivity index (χ0v) is 10.5. The minimum atomic E-state index is -0.0833. The lowest BCUT2D eigenvalue weighted by molar-refractivity contribution is -0.111. The Balaban J connectivity index is 2.01. The molecular weight excluding hydrogens is 216 g/mol. The lowest BCUT2D eigenvalue weighted by Gasteiger charge is -2.43. The van der Waals surface area contributed by atoms with Crippen LogP contribution in [0.1, 0.15) is 32.6 Å². The van der Waals surface area contributed by atoms with E-state index < -0.39 is 0 Å². The quantitative estimate of drug-likeness (QED) is 0.784. The van der Waals surface area contributed by atoms with Crippen LogP contribution in [0.15, 0.2) is 0 Å². The lowest BCUT2D eigenvalue weighted by Crippen LogP contribution is -2.54. The minimum absolute atomic E-state index is 0.0742. The summed E-state index contributed by atoms with van der Waals surface area (Å²) < 4.78 is 5.65. The van der Waals surface area contributed by atoms with Crippen molar-refractivity contribution < 1.29 is 9.84 Å². The van der Waals surface area contributed by atoms with Crippen molar-refractivity contribution in [3.8, 4) is 6.07 Å². The van der Waals surface area contributed by atoms with Gasteiger partial charge in [-0.15, -0.1) is 0 Å². The number of hydrogen-bond donors (Lipinski definition) is 1. The summed E-state index contributed by atoms with van der Waals surface area (Å²) in [4.78, 5) is 2.36. The summed E-state index contributed by atoms with van der Waals surface area (Å²) in [7, 11) is 0. The molecule has 1 N–H and O–H groups in total. The first kappa shape index (κ1) is 12.8. The number of aliphatic hydroxyl groups excluding tert-OH is 1. The van der Waals surface area contributed by atoms with Gasteiger partial charge in [-0.05, 0) is 19.8 Å². The Bertz CT molecular complexity index is 290. The van der Waals surface area contributed by atoms with Gasteiger partial charge in [0.2, 0.25) is 0 Å². The first-order valence-corrected chi connectivity index (χ1v) is 6.64. The van der Waals surface area contributed by atoms with E-state index >= 15 is 0 Å². The highest BCUT2D eigenvalue weighted by Crippen LogP contribution is 2.29. The molecule has 2 rings (SSSR count).